The fourth-order valence-electron chi connectivity index (χ4n) is 3.20. The van der Waals surface area contributed by atoms with Crippen molar-refractivity contribution >= 4 is 57.2 Å². The molecular formula is C23H28N4O6S. The van der Waals surface area contributed by atoms with Crippen molar-refractivity contribution in [2.45, 2.75) is 32.4 Å². The normalized spacial score (nSPS) is 13.4. The molecular weight excluding hydrogens is 460 g/mol. The summed E-state index contributed by atoms with van der Waals surface area (Å²) in [6.07, 6.45) is 1.21. The lowest BCUT2D eigenvalue weighted by Crippen LogP contribution is -2.54. The van der Waals surface area contributed by atoms with Crippen molar-refractivity contribution in [1.29, 1.82) is 0 Å². The maximum absolute atomic E-state index is 12.6. The first-order valence-corrected chi connectivity index (χ1v) is 12.1. The van der Waals surface area contributed by atoms with Gasteiger partial charge in [0, 0.05) is 17.3 Å². The van der Waals surface area contributed by atoms with Gasteiger partial charge in [0.15, 0.2) is 0 Å². The van der Waals surface area contributed by atoms with Crippen LogP contribution in [0.2, 0.25) is 0 Å². The second kappa shape index (κ2) is 12.6. The van der Waals surface area contributed by atoms with Gasteiger partial charge < -0.3 is 20.7 Å². The summed E-state index contributed by atoms with van der Waals surface area (Å²) in [7, 11) is -1.61. The number of benzene rings is 2. The third-order valence-electron chi connectivity index (χ3n) is 4.87. The van der Waals surface area contributed by atoms with Crippen LogP contribution in [0.1, 0.15) is 20.3 Å². The van der Waals surface area contributed by atoms with Crippen molar-refractivity contribution in [3.8, 4) is 0 Å². The number of carbonyl (C=O) groups excluding carboxylic acids is 5. The van der Waals surface area contributed by atoms with Gasteiger partial charge in [-0.25, -0.2) is 4.21 Å². The molecule has 34 heavy (non-hydrogen) atoms. The third kappa shape index (κ3) is 7.77. The highest BCUT2D eigenvalue weighted by Gasteiger charge is 2.29. The minimum Gasteiger partial charge on any atom is -0.377 e. The van der Waals surface area contributed by atoms with Gasteiger partial charge in [0.25, 0.3) is 5.91 Å². The lowest BCUT2D eigenvalue weighted by Gasteiger charge is -2.23. The zero-order valence-electron chi connectivity index (χ0n) is 19.1. The molecule has 2 aromatic rings. The van der Waals surface area contributed by atoms with Crippen LogP contribution in [0.3, 0.4) is 0 Å². The van der Waals surface area contributed by atoms with Crippen molar-refractivity contribution in [3.63, 3.8) is 0 Å². The number of nitrogens with one attached hydrogen (secondary N) is 4. The smallest absolute Gasteiger partial charge is 0.289 e. The molecule has 11 heteroatoms. The summed E-state index contributed by atoms with van der Waals surface area (Å²) in [5.41, 5.74) is 0.692. The molecule has 2 aromatic carbocycles. The molecule has 0 bridgehead atoms. The minimum absolute atomic E-state index is 0.280. The van der Waals surface area contributed by atoms with Crippen molar-refractivity contribution in [1.82, 2.24) is 15.4 Å². The predicted octanol–water partition coefficient (Wildman–Crippen LogP) is 0.445. The summed E-state index contributed by atoms with van der Waals surface area (Å²) in [5, 5.41) is 9.59. The number of anilines is 1. The third-order valence-corrected chi connectivity index (χ3v) is 5.39. The van der Waals surface area contributed by atoms with Crippen molar-refractivity contribution < 1.29 is 28.2 Å². The molecule has 0 spiro atoms. The van der Waals surface area contributed by atoms with E-state index in [1.54, 1.807) is 19.9 Å². The minimum atomic E-state index is -1.61. The molecule has 3 atom stereocenters. The Hall–Kier alpha value is -3.60. The van der Waals surface area contributed by atoms with Gasteiger partial charge in [-0.1, -0.05) is 50.2 Å². The number of rotatable bonds is 12. The monoisotopic (exact) mass is 488 g/mol. The SMILES string of the molecule is CC(C)C(NC(=O)C(=O)CNc1cccc2ccccc12)C(=O)NC(C=O)CC(=O)NS(C)=O. The lowest BCUT2D eigenvalue weighted by atomic mass is 10.0. The van der Waals surface area contributed by atoms with E-state index in [-0.39, 0.29) is 6.54 Å². The highest BCUT2D eigenvalue weighted by molar-refractivity contribution is 7.82. The Kier molecular flexibility index (Phi) is 9.87. The lowest BCUT2D eigenvalue weighted by molar-refractivity contribution is -0.139. The highest BCUT2D eigenvalue weighted by atomic mass is 32.2. The van der Waals surface area contributed by atoms with Crippen molar-refractivity contribution in [3.05, 3.63) is 42.5 Å². The molecule has 0 heterocycles. The fraction of sp³-hybridized carbons (Fsp3) is 0.348. The number of ketones is 1. The van der Waals surface area contributed by atoms with Gasteiger partial charge in [-0.15, -0.1) is 0 Å². The zero-order chi connectivity index (χ0) is 25.3. The Morgan fingerprint density at radius 2 is 1.68 bits per heavy atom. The van der Waals surface area contributed by atoms with E-state index < -0.39 is 58.9 Å². The molecule has 2 rings (SSSR count). The second-order valence-corrected chi connectivity index (χ2v) is 9.05. The first-order valence-electron chi connectivity index (χ1n) is 10.6. The Balaban J connectivity index is 1.97. The van der Waals surface area contributed by atoms with Gasteiger partial charge in [0.05, 0.1) is 19.0 Å². The first-order chi connectivity index (χ1) is 16.1. The van der Waals surface area contributed by atoms with Gasteiger partial charge in [0.2, 0.25) is 17.6 Å². The summed E-state index contributed by atoms with van der Waals surface area (Å²) in [6, 6.07) is 10.8. The summed E-state index contributed by atoms with van der Waals surface area (Å²) in [4.78, 5) is 60.5. The molecule has 182 valence electrons. The topological polar surface area (TPSA) is 151 Å². The Bertz CT molecular complexity index is 1100. The summed E-state index contributed by atoms with van der Waals surface area (Å²) in [6.45, 7) is 3.04. The first kappa shape index (κ1) is 26.7. The van der Waals surface area contributed by atoms with E-state index in [9.17, 15) is 28.2 Å². The van der Waals surface area contributed by atoms with E-state index in [0.29, 0.717) is 12.0 Å². The molecule has 0 aromatic heterocycles. The molecule has 0 fully saturated rings. The molecule has 0 radical (unpaired) electrons. The number of carbonyl (C=O) groups is 5. The van der Waals surface area contributed by atoms with Crippen molar-refractivity contribution in [2.24, 2.45) is 5.92 Å². The van der Waals surface area contributed by atoms with Crippen LogP contribution in [0, 0.1) is 5.92 Å². The molecule has 3 amide bonds. The van der Waals surface area contributed by atoms with Crippen LogP contribution < -0.4 is 20.7 Å². The molecule has 0 aliphatic heterocycles. The van der Waals surface area contributed by atoms with Crippen LogP contribution in [-0.2, 0) is 35.0 Å². The van der Waals surface area contributed by atoms with E-state index in [4.69, 9.17) is 0 Å². The summed E-state index contributed by atoms with van der Waals surface area (Å²) in [5.74, 6) is -3.54. The van der Waals surface area contributed by atoms with E-state index in [1.165, 1.54) is 6.26 Å². The number of Topliss-reactive ketones (excluding diaryl/α,β-unsaturated/α-hetero) is 1. The molecule has 4 N–H and O–H groups in total. The predicted molar refractivity (Wildman–Crippen MR) is 129 cm³/mol. The second-order valence-electron chi connectivity index (χ2n) is 7.93. The molecule has 0 aliphatic rings. The van der Waals surface area contributed by atoms with Gasteiger partial charge in [-0.3, -0.25) is 23.9 Å². The standard InChI is InChI=1S/C23H28N4O6S/c1-14(2)21(23(32)25-16(13-28)11-20(30)27-34(3)33)26-22(31)19(29)12-24-18-10-6-8-15-7-4-5-9-17(15)18/h4-10,13-14,16,21,24H,11-12H2,1-3H3,(H,25,32)(H,26,31)(H,27,30). The summed E-state index contributed by atoms with van der Waals surface area (Å²) < 4.78 is 13.2. The van der Waals surface area contributed by atoms with E-state index in [1.807, 2.05) is 36.4 Å². The average Bonchev–Trinajstić information content (AvgIpc) is 2.79. The van der Waals surface area contributed by atoms with E-state index in [0.717, 1.165) is 10.8 Å². The molecule has 0 saturated heterocycles. The van der Waals surface area contributed by atoms with Crippen LogP contribution in [0.5, 0.6) is 0 Å². The molecule has 0 saturated carbocycles. The van der Waals surface area contributed by atoms with Crippen LogP contribution >= 0.6 is 0 Å². The van der Waals surface area contributed by atoms with Crippen molar-refractivity contribution in [2.75, 3.05) is 18.1 Å². The Labute approximate surface area is 199 Å². The maximum atomic E-state index is 12.6. The zero-order valence-corrected chi connectivity index (χ0v) is 19.9. The number of fused-ring (bicyclic) bond motifs is 1. The molecule has 3 unspecified atom stereocenters. The average molecular weight is 489 g/mol. The number of aldehydes is 1. The quantitative estimate of drug-likeness (QED) is 0.250. The van der Waals surface area contributed by atoms with Gasteiger partial charge in [-0.2, -0.15) is 0 Å². The van der Waals surface area contributed by atoms with Crippen LogP contribution in [0.25, 0.3) is 10.8 Å². The number of amides is 3. The van der Waals surface area contributed by atoms with E-state index in [2.05, 4.69) is 20.7 Å². The van der Waals surface area contributed by atoms with Gasteiger partial charge in [0.1, 0.15) is 23.3 Å². The number of hydrogen-bond donors (Lipinski definition) is 4. The Morgan fingerprint density at radius 1 is 1.00 bits per heavy atom. The summed E-state index contributed by atoms with van der Waals surface area (Å²) >= 11 is 0. The van der Waals surface area contributed by atoms with Gasteiger partial charge >= 0.3 is 0 Å². The van der Waals surface area contributed by atoms with Crippen LogP contribution in [0.4, 0.5) is 5.69 Å². The highest BCUT2D eigenvalue weighted by Crippen LogP contribution is 2.22. The van der Waals surface area contributed by atoms with E-state index >= 15 is 0 Å². The van der Waals surface area contributed by atoms with Crippen LogP contribution in [-0.4, -0.2) is 58.9 Å². The van der Waals surface area contributed by atoms with Gasteiger partial charge in [-0.05, 0) is 17.4 Å². The number of hydrogen-bond acceptors (Lipinski definition) is 7. The maximum Gasteiger partial charge on any atom is 0.289 e. The molecule has 0 aliphatic carbocycles. The fourth-order valence-corrected chi connectivity index (χ4v) is 3.60. The largest absolute Gasteiger partial charge is 0.377 e. The Morgan fingerprint density at radius 3 is 2.32 bits per heavy atom. The van der Waals surface area contributed by atoms with Crippen LogP contribution in [0.15, 0.2) is 42.5 Å². The molecule has 10 nitrogen and oxygen atoms in total.